The van der Waals surface area contributed by atoms with Crippen LogP contribution in [0.2, 0.25) is 0 Å². The maximum absolute atomic E-state index is 10.4. The Morgan fingerprint density at radius 1 is 1.12 bits per heavy atom. The number of ether oxygens (including phenoxy) is 1. The van der Waals surface area contributed by atoms with Crippen molar-refractivity contribution in [3.8, 4) is 5.75 Å². The van der Waals surface area contributed by atoms with Gasteiger partial charge in [0.1, 0.15) is 5.75 Å². The number of nitrogens with one attached hydrogen (secondary N) is 1. The van der Waals surface area contributed by atoms with E-state index in [1.54, 1.807) is 18.2 Å². The summed E-state index contributed by atoms with van der Waals surface area (Å²) in [5, 5.41) is 23.6. The fourth-order valence-electron chi connectivity index (χ4n) is 2.61. The van der Waals surface area contributed by atoms with E-state index in [4.69, 9.17) is 4.74 Å². The topological polar surface area (TPSA) is 61.7 Å². The molecule has 0 amide bonds. The molecule has 2 aromatic carbocycles. The minimum Gasteiger partial charge on any atom is -0.508 e. The molecule has 0 spiro atoms. The van der Waals surface area contributed by atoms with Crippen molar-refractivity contribution >= 4 is 12.4 Å². The Balaban J connectivity index is 0.00000312. The minimum absolute atomic E-state index is 0. The predicted molar refractivity (Wildman–Crippen MR) is 103 cm³/mol. The summed E-state index contributed by atoms with van der Waals surface area (Å²) in [6.07, 6.45) is 0.294. The van der Waals surface area contributed by atoms with E-state index in [1.807, 2.05) is 25.1 Å². The van der Waals surface area contributed by atoms with E-state index in [1.165, 1.54) is 5.56 Å². The molecule has 0 bridgehead atoms. The highest BCUT2D eigenvalue weighted by atomic mass is 35.5. The Bertz CT molecular complexity index is 622. The smallest absolute Gasteiger partial charge is 0.121 e. The summed E-state index contributed by atoms with van der Waals surface area (Å²) in [4.78, 5) is 0. The Hall–Kier alpha value is -1.59. The van der Waals surface area contributed by atoms with Gasteiger partial charge in [-0.05, 0) is 43.5 Å². The van der Waals surface area contributed by atoms with Crippen LogP contribution >= 0.6 is 12.4 Å². The Labute approximate surface area is 156 Å². The molecule has 4 nitrogen and oxygen atoms in total. The molecular formula is C20H28ClNO3. The van der Waals surface area contributed by atoms with Crippen molar-refractivity contribution in [3.63, 3.8) is 0 Å². The Morgan fingerprint density at radius 2 is 1.84 bits per heavy atom. The SMILES string of the molecule is CCOCc1cc(C(O)CNC(C)Cc2ccccc2)ccc1O.Cl. The van der Waals surface area contributed by atoms with Crippen LogP contribution in [0.1, 0.15) is 36.6 Å². The third-order valence-electron chi connectivity index (χ3n) is 3.99. The van der Waals surface area contributed by atoms with Gasteiger partial charge in [0, 0.05) is 24.8 Å². The van der Waals surface area contributed by atoms with E-state index >= 15 is 0 Å². The number of hydrogen-bond donors (Lipinski definition) is 3. The number of benzene rings is 2. The highest BCUT2D eigenvalue weighted by Gasteiger charge is 2.12. The second-order valence-corrected chi connectivity index (χ2v) is 6.04. The van der Waals surface area contributed by atoms with Gasteiger partial charge in [-0.2, -0.15) is 0 Å². The van der Waals surface area contributed by atoms with E-state index in [0.717, 1.165) is 12.0 Å². The normalized spacial score (nSPS) is 13.1. The van der Waals surface area contributed by atoms with Gasteiger partial charge in [0.05, 0.1) is 12.7 Å². The molecule has 0 aliphatic carbocycles. The Morgan fingerprint density at radius 3 is 2.52 bits per heavy atom. The lowest BCUT2D eigenvalue weighted by molar-refractivity contribution is 0.131. The van der Waals surface area contributed by atoms with Crippen LogP contribution in [0.25, 0.3) is 0 Å². The number of aromatic hydroxyl groups is 1. The van der Waals surface area contributed by atoms with Gasteiger partial charge in [-0.25, -0.2) is 0 Å². The van der Waals surface area contributed by atoms with Gasteiger partial charge in [0.25, 0.3) is 0 Å². The van der Waals surface area contributed by atoms with Gasteiger partial charge in [-0.15, -0.1) is 12.4 Å². The van der Waals surface area contributed by atoms with E-state index in [0.29, 0.717) is 25.3 Å². The highest BCUT2D eigenvalue weighted by molar-refractivity contribution is 5.85. The Kier molecular flexibility index (Phi) is 9.53. The molecule has 0 saturated carbocycles. The van der Waals surface area contributed by atoms with Crippen molar-refractivity contribution in [1.29, 1.82) is 0 Å². The molecule has 2 aromatic rings. The molecule has 5 heteroatoms. The molecule has 2 atom stereocenters. The predicted octanol–water partition coefficient (Wildman–Crippen LogP) is 3.60. The summed E-state index contributed by atoms with van der Waals surface area (Å²) in [7, 11) is 0. The van der Waals surface area contributed by atoms with Crippen molar-refractivity contribution in [2.75, 3.05) is 13.2 Å². The molecule has 138 valence electrons. The number of phenols is 1. The molecular weight excluding hydrogens is 338 g/mol. The first-order valence-electron chi connectivity index (χ1n) is 8.45. The molecule has 0 radical (unpaired) electrons. The highest BCUT2D eigenvalue weighted by Crippen LogP contribution is 2.23. The van der Waals surface area contributed by atoms with Crippen molar-refractivity contribution in [1.82, 2.24) is 5.32 Å². The molecule has 25 heavy (non-hydrogen) atoms. The molecule has 0 heterocycles. The maximum atomic E-state index is 10.4. The van der Waals surface area contributed by atoms with Gasteiger partial charge in [-0.1, -0.05) is 36.4 Å². The van der Waals surface area contributed by atoms with E-state index in [-0.39, 0.29) is 24.2 Å². The number of aliphatic hydroxyl groups is 1. The van der Waals surface area contributed by atoms with E-state index in [2.05, 4.69) is 24.4 Å². The zero-order chi connectivity index (χ0) is 17.4. The number of aliphatic hydroxyl groups excluding tert-OH is 1. The molecule has 0 aliphatic heterocycles. The van der Waals surface area contributed by atoms with Crippen LogP contribution in [0.5, 0.6) is 5.75 Å². The average molecular weight is 366 g/mol. The summed E-state index contributed by atoms with van der Waals surface area (Å²) in [5.41, 5.74) is 2.75. The summed E-state index contributed by atoms with van der Waals surface area (Å²) in [6, 6.07) is 15.7. The average Bonchev–Trinajstić information content (AvgIpc) is 2.60. The number of rotatable bonds is 9. The summed E-state index contributed by atoms with van der Waals surface area (Å²) in [5.74, 6) is 0.199. The van der Waals surface area contributed by atoms with Gasteiger partial charge in [-0.3, -0.25) is 0 Å². The maximum Gasteiger partial charge on any atom is 0.121 e. The third kappa shape index (κ3) is 7.04. The molecule has 0 aliphatic rings. The summed E-state index contributed by atoms with van der Waals surface area (Å²) in [6.45, 7) is 5.42. The number of hydrogen-bond acceptors (Lipinski definition) is 4. The van der Waals surface area contributed by atoms with Gasteiger partial charge >= 0.3 is 0 Å². The van der Waals surface area contributed by atoms with Crippen molar-refractivity contribution in [2.45, 2.75) is 39.0 Å². The summed E-state index contributed by atoms with van der Waals surface area (Å²) < 4.78 is 5.34. The molecule has 0 fully saturated rings. The van der Waals surface area contributed by atoms with Crippen LogP contribution in [0.15, 0.2) is 48.5 Å². The lowest BCUT2D eigenvalue weighted by Crippen LogP contribution is -2.32. The first-order chi connectivity index (χ1) is 11.6. The standard InChI is InChI=1S/C20H27NO3.ClH/c1-3-24-14-18-12-17(9-10-19(18)22)20(23)13-21-15(2)11-16-7-5-4-6-8-16;/h4-10,12,15,20-23H,3,11,13-14H2,1-2H3;1H. The van der Waals surface area contributed by atoms with Gasteiger partial charge in [0.15, 0.2) is 0 Å². The minimum atomic E-state index is -0.621. The van der Waals surface area contributed by atoms with E-state index in [9.17, 15) is 10.2 Å². The number of phenolic OH excluding ortho intramolecular Hbond substituents is 1. The van der Waals surface area contributed by atoms with Crippen LogP contribution < -0.4 is 5.32 Å². The van der Waals surface area contributed by atoms with Crippen LogP contribution in [0.3, 0.4) is 0 Å². The van der Waals surface area contributed by atoms with E-state index < -0.39 is 6.10 Å². The molecule has 2 rings (SSSR count). The lowest BCUT2D eigenvalue weighted by atomic mass is 10.0. The zero-order valence-corrected chi connectivity index (χ0v) is 15.6. The third-order valence-corrected chi connectivity index (χ3v) is 3.99. The fourth-order valence-corrected chi connectivity index (χ4v) is 2.61. The quantitative estimate of drug-likeness (QED) is 0.635. The van der Waals surface area contributed by atoms with Crippen LogP contribution in [0.4, 0.5) is 0 Å². The van der Waals surface area contributed by atoms with Gasteiger partial charge in [0.2, 0.25) is 0 Å². The first kappa shape index (κ1) is 21.5. The van der Waals surface area contributed by atoms with Crippen LogP contribution in [-0.2, 0) is 17.8 Å². The second-order valence-electron chi connectivity index (χ2n) is 6.04. The summed E-state index contributed by atoms with van der Waals surface area (Å²) >= 11 is 0. The zero-order valence-electron chi connectivity index (χ0n) is 14.8. The lowest BCUT2D eigenvalue weighted by Gasteiger charge is -2.18. The fraction of sp³-hybridized carbons (Fsp3) is 0.400. The second kappa shape index (κ2) is 11.1. The monoisotopic (exact) mass is 365 g/mol. The van der Waals surface area contributed by atoms with Crippen molar-refractivity contribution in [3.05, 3.63) is 65.2 Å². The molecule has 2 unspecified atom stereocenters. The van der Waals surface area contributed by atoms with Crippen molar-refractivity contribution in [2.24, 2.45) is 0 Å². The van der Waals surface area contributed by atoms with Crippen LogP contribution in [0, 0.1) is 0 Å². The van der Waals surface area contributed by atoms with Crippen molar-refractivity contribution < 1.29 is 14.9 Å². The van der Waals surface area contributed by atoms with Crippen LogP contribution in [-0.4, -0.2) is 29.4 Å². The molecule has 0 saturated heterocycles. The largest absolute Gasteiger partial charge is 0.508 e. The first-order valence-corrected chi connectivity index (χ1v) is 8.45. The molecule has 3 N–H and O–H groups in total. The molecule has 0 aromatic heterocycles. The number of halogens is 1. The van der Waals surface area contributed by atoms with Gasteiger partial charge < -0.3 is 20.3 Å².